The number of aromatic hydroxyl groups is 2. The summed E-state index contributed by atoms with van der Waals surface area (Å²) in [7, 11) is 0. The van der Waals surface area contributed by atoms with E-state index < -0.39 is 0 Å². The smallest absolute Gasteiger partial charge is 0.181 e. The molecule has 1 aromatic rings. The average molecular weight is 162 g/mol. The van der Waals surface area contributed by atoms with Gasteiger partial charge in [0.05, 0.1) is 0 Å². The van der Waals surface area contributed by atoms with E-state index >= 15 is 0 Å². The van der Waals surface area contributed by atoms with Crippen molar-refractivity contribution in [2.24, 2.45) is 0 Å². The molecule has 0 saturated heterocycles. The third-order valence-corrected chi connectivity index (χ3v) is 0.880. The molecule has 0 aliphatic rings. The van der Waals surface area contributed by atoms with E-state index in [0.717, 1.165) is 0 Å². The molecular formula is C8H6N2O2. The van der Waals surface area contributed by atoms with E-state index in [1.807, 2.05) is 0 Å². The lowest BCUT2D eigenvalue weighted by Crippen LogP contribution is -1.61. The van der Waals surface area contributed by atoms with Gasteiger partial charge in [-0.25, -0.2) is 0 Å². The highest BCUT2D eigenvalue weighted by atomic mass is 16.3. The van der Waals surface area contributed by atoms with Gasteiger partial charge in [-0.15, -0.1) is 0 Å². The molecule has 0 saturated carbocycles. The number of rotatable bonds is 0. The zero-order chi connectivity index (χ0) is 9.40. The molecule has 1 aromatic carbocycles. The van der Waals surface area contributed by atoms with E-state index in [-0.39, 0.29) is 11.5 Å². The minimum atomic E-state index is 0.0880. The van der Waals surface area contributed by atoms with Gasteiger partial charge >= 0.3 is 0 Å². The van der Waals surface area contributed by atoms with E-state index in [4.69, 9.17) is 20.7 Å². The van der Waals surface area contributed by atoms with E-state index in [1.165, 1.54) is 30.3 Å². The zero-order valence-corrected chi connectivity index (χ0v) is 6.10. The fourth-order valence-corrected chi connectivity index (χ4v) is 0.493. The van der Waals surface area contributed by atoms with Crippen LogP contribution in [0.5, 0.6) is 11.5 Å². The van der Waals surface area contributed by atoms with Crippen LogP contribution in [0.1, 0.15) is 0 Å². The summed E-state index contributed by atoms with van der Waals surface area (Å²) in [5.41, 5.74) is 0. The van der Waals surface area contributed by atoms with Gasteiger partial charge < -0.3 is 10.2 Å². The van der Waals surface area contributed by atoms with Crippen LogP contribution >= 0.6 is 0 Å². The minimum absolute atomic E-state index is 0.0880. The van der Waals surface area contributed by atoms with Crippen molar-refractivity contribution in [2.45, 2.75) is 0 Å². The van der Waals surface area contributed by atoms with Crippen molar-refractivity contribution in [2.75, 3.05) is 0 Å². The first-order valence-corrected chi connectivity index (χ1v) is 2.97. The fraction of sp³-hybridized carbons (Fsp3) is 0. The molecule has 2 N–H and O–H groups in total. The largest absolute Gasteiger partial charge is 0.508 e. The SMILES string of the molecule is N#CC#N.Oc1cccc(O)c1. The highest BCUT2D eigenvalue weighted by molar-refractivity contribution is 5.30. The van der Waals surface area contributed by atoms with Crippen LogP contribution in [0.2, 0.25) is 0 Å². The van der Waals surface area contributed by atoms with Gasteiger partial charge in [-0.05, 0) is 12.1 Å². The van der Waals surface area contributed by atoms with Crippen molar-refractivity contribution in [1.29, 1.82) is 10.5 Å². The average Bonchev–Trinajstić information content (AvgIpc) is 2.04. The first-order valence-electron chi connectivity index (χ1n) is 2.97. The number of phenolic OH excluding ortho intramolecular Hbond substituents is 2. The summed E-state index contributed by atoms with van der Waals surface area (Å²) < 4.78 is 0. The molecule has 0 unspecified atom stereocenters. The molecule has 0 aliphatic heterocycles. The highest BCUT2D eigenvalue weighted by Gasteiger charge is 1.85. The first-order chi connectivity index (χ1) is 5.70. The molecule has 0 aromatic heterocycles. The Morgan fingerprint density at radius 3 is 1.58 bits per heavy atom. The Kier molecular flexibility index (Phi) is 4.55. The second kappa shape index (κ2) is 5.57. The summed E-state index contributed by atoms with van der Waals surface area (Å²) in [6.45, 7) is 0. The summed E-state index contributed by atoms with van der Waals surface area (Å²) in [6.07, 6.45) is 0. The number of nitrogens with zero attached hydrogens (tertiary/aromatic N) is 2. The van der Waals surface area contributed by atoms with Gasteiger partial charge in [-0.1, -0.05) is 6.07 Å². The Labute approximate surface area is 69.5 Å². The zero-order valence-electron chi connectivity index (χ0n) is 6.10. The van der Waals surface area contributed by atoms with Gasteiger partial charge in [0.15, 0.2) is 12.1 Å². The second-order valence-corrected chi connectivity index (χ2v) is 1.74. The van der Waals surface area contributed by atoms with Crippen LogP contribution in [-0.4, -0.2) is 10.2 Å². The minimum Gasteiger partial charge on any atom is -0.508 e. The summed E-state index contributed by atoms with van der Waals surface area (Å²) in [5, 5.41) is 31.8. The van der Waals surface area contributed by atoms with Gasteiger partial charge in [0.25, 0.3) is 0 Å². The lowest BCUT2D eigenvalue weighted by Gasteiger charge is -1.89. The number of hydrogen-bond donors (Lipinski definition) is 2. The van der Waals surface area contributed by atoms with Crippen molar-refractivity contribution in [1.82, 2.24) is 0 Å². The normalized spacial score (nSPS) is 6.83. The number of phenols is 2. The number of hydrogen-bond acceptors (Lipinski definition) is 4. The molecule has 0 atom stereocenters. The fourth-order valence-electron chi connectivity index (χ4n) is 0.493. The Morgan fingerprint density at radius 2 is 1.42 bits per heavy atom. The van der Waals surface area contributed by atoms with Crippen LogP contribution in [0.4, 0.5) is 0 Å². The summed E-state index contributed by atoms with van der Waals surface area (Å²) in [5.74, 6) is 0.176. The van der Waals surface area contributed by atoms with Crippen molar-refractivity contribution in [3.8, 4) is 23.6 Å². The first kappa shape index (κ1) is 9.80. The lowest BCUT2D eigenvalue weighted by atomic mass is 10.3. The van der Waals surface area contributed by atoms with Gasteiger partial charge in [0, 0.05) is 6.07 Å². The Balaban J connectivity index is 0.000000261. The molecule has 0 aliphatic carbocycles. The standard InChI is InChI=1S/C6H6O2.C2N2/c7-5-2-1-3-6(8)4-5;3-1-2-4/h1-4,7-8H;. The molecule has 0 heterocycles. The molecule has 12 heavy (non-hydrogen) atoms. The van der Waals surface area contributed by atoms with E-state index in [9.17, 15) is 0 Å². The van der Waals surface area contributed by atoms with Gasteiger partial charge in [0.2, 0.25) is 0 Å². The molecule has 4 nitrogen and oxygen atoms in total. The molecule has 1 rings (SSSR count). The summed E-state index contributed by atoms with van der Waals surface area (Å²) in [6, 6.07) is 8.32. The summed E-state index contributed by atoms with van der Waals surface area (Å²) >= 11 is 0. The van der Waals surface area contributed by atoms with Crippen LogP contribution < -0.4 is 0 Å². The Bertz CT molecular complexity index is 293. The second-order valence-electron chi connectivity index (χ2n) is 1.74. The molecule has 0 spiro atoms. The molecule has 0 fully saturated rings. The third-order valence-electron chi connectivity index (χ3n) is 0.880. The van der Waals surface area contributed by atoms with Crippen LogP contribution in [0.15, 0.2) is 24.3 Å². The van der Waals surface area contributed by atoms with Crippen molar-refractivity contribution < 1.29 is 10.2 Å². The molecule has 0 bridgehead atoms. The quantitative estimate of drug-likeness (QED) is 0.598. The van der Waals surface area contributed by atoms with Crippen LogP contribution in [0.25, 0.3) is 0 Å². The number of benzene rings is 1. The summed E-state index contributed by atoms with van der Waals surface area (Å²) in [4.78, 5) is 0. The highest BCUT2D eigenvalue weighted by Crippen LogP contribution is 2.14. The lowest BCUT2D eigenvalue weighted by molar-refractivity contribution is 0.450. The molecular weight excluding hydrogens is 156 g/mol. The van der Waals surface area contributed by atoms with Gasteiger partial charge in [-0.3, -0.25) is 0 Å². The van der Waals surface area contributed by atoms with E-state index in [1.54, 1.807) is 6.07 Å². The maximum atomic E-state index is 8.65. The monoisotopic (exact) mass is 162 g/mol. The molecule has 60 valence electrons. The maximum Gasteiger partial charge on any atom is 0.181 e. The van der Waals surface area contributed by atoms with E-state index in [2.05, 4.69) is 0 Å². The molecule has 0 radical (unpaired) electrons. The van der Waals surface area contributed by atoms with Gasteiger partial charge in [0.1, 0.15) is 11.5 Å². The predicted octanol–water partition coefficient (Wildman–Crippen LogP) is 1.13. The Morgan fingerprint density at radius 1 is 1.00 bits per heavy atom. The van der Waals surface area contributed by atoms with Crippen LogP contribution in [-0.2, 0) is 0 Å². The van der Waals surface area contributed by atoms with Gasteiger partial charge in [-0.2, -0.15) is 10.5 Å². The van der Waals surface area contributed by atoms with Crippen molar-refractivity contribution >= 4 is 0 Å². The number of nitriles is 2. The molecule has 0 amide bonds. The Hall–Kier alpha value is -2.20. The van der Waals surface area contributed by atoms with E-state index in [0.29, 0.717) is 0 Å². The predicted molar refractivity (Wildman–Crippen MR) is 41.0 cm³/mol. The maximum absolute atomic E-state index is 8.65. The third kappa shape index (κ3) is 4.66. The van der Waals surface area contributed by atoms with Crippen LogP contribution in [0.3, 0.4) is 0 Å². The molecule has 4 heteroatoms. The topological polar surface area (TPSA) is 88.0 Å². The van der Waals surface area contributed by atoms with Crippen molar-refractivity contribution in [3.05, 3.63) is 24.3 Å². The van der Waals surface area contributed by atoms with Crippen molar-refractivity contribution in [3.63, 3.8) is 0 Å². The van der Waals surface area contributed by atoms with Crippen LogP contribution in [0, 0.1) is 22.7 Å².